The third-order valence-corrected chi connectivity index (χ3v) is 4.78. The Balaban J connectivity index is 2.04. The Morgan fingerprint density at radius 3 is 2.79 bits per heavy atom. The molecule has 0 atom stereocenters. The third kappa shape index (κ3) is 2.20. The molecule has 2 aliphatic heterocycles. The maximum atomic E-state index is 5.74. The Hall–Kier alpha value is -0.890. The average molecular weight is 282 g/mol. The molecule has 1 fully saturated rings. The van der Waals surface area contributed by atoms with Crippen LogP contribution in [-0.4, -0.2) is 30.3 Å². The fraction of sp³-hybridized carbons (Fsp3) is 0.667. The summed E-state index contributed by atoms with van der Waals surface area (Å²) in [6.07, 6.45) is 1.55. The molecule has 2 aliphatic rings. The Kier molecular flexibility index (Phi) is 3.62. The van der Waals surface area contributed by atoms with E-state index in [9.17, 15) is 0 Å². The normalized spacial score (nSPS) is 21.2. The van der Waals surface area contributed by atoms with Crippen molar-refractivity contribution in [1.82, 2.24) is 9.97 Å². The summed E-state index contributed by atoms with van der Waals surface area (Å²) in [4.78, 5) is 9.31. The molecular formula is C12H18N4O2S. The topological polar surface area (TPSA) is 82.3 Å². The van der Waals surface area contributed by atoms with Crippen molar-refractivity contribution in [3.05, 3.63) is 17.1 Å². The summed E-state index contributed by atoms with van der Waals surface area (Å²) >= 11 is 1.83. The van der Waals surface area contributed by atoms with E-state index in [0.717, 1.165) is 47.2 Å². The second-order valence-electron chi connectivity index (χ2n) is 4.77. The zero-order chi connectivity index (χ0) is 13.3. The van der Waals surface area contributed by atoms with Crippen LogP contribution in [0.2, 0.25) is 0 Å². The van der Waals surface area contributed by atoms with Crippen molar-refractivity contribution < 1.29 is 9.47 Å². The molecule has 0 aliphatic carbocycles. The van der Waals surface area contributed by atoms with Crippen LogP contribution >= 0.6 is 11.8 Å². The van der Waals surface area contributed by atoms with Gasteiger partial charge in [-0.15, -0.1) is 0 Å². The van der Waals surface area contributed by atoms with Gasteiger partial charge in [-0.2, -0.15) is 11.8 Å². The first kappa shape index (κ1) is 13.1. The molecule has 3 N–H and O–H groups in total. The number of hydrogen-bond acceptors (Lipinski definition) is 7. The highest BCUT2D eigenvalue weighted by atomic mass is 32.2. The third-order valence-electron chi connectivity index (χ3n) is 3.81. The minimum Gasteiger partial charge on any atom is -0.381 e. The first-order valence-electron chi connectivity index (χ1n) is 6.36. The van der Waals surface area contributed by atoms with Crippen molar-refractivity contribution in [1.29, 1.82) is 0 Å². The molecule has 0 bridgehead atoms. The highest BCUT2D eigenvalue weighted by molar-refractivity contribution is 7.98. The quantitative estimate of drug-likeness (QED) is 0.636. The molecule has 6 nitrogen and oxygen atoms in total. The summed E-state index contributed by atoms with van der Waals surface area (Å²) in [7, 11) is 1.71. The summed E-state index contributed by atoms with van der Waals surface area (Å²) in [5, 5.41) is 0. The molecule has 0 unspecified atom stereocenters. The van der Waals surface area contributed by atoms with Crippen LogP contribution in [0.15, 0.2) is 0 Å². The standard InChI is InChI=1S/C12H18N4O2S/c1-17-12(2-4-18-5-3-12)11-14-9-7-19-6-8(9)10(15-11)16-13/h2-7,13H2,1H3,(H,14,15,16). The van der Waals surface area contributed by atoms with Gasteiger partial charge in [0.25, 0.3) is 0 Å². The predicted molar refractivity (Wildman–Crippen MR) is 73.6 cm³/mol. The fourth-order valence-corrected chi connectivity index (χ4v) is 3.64. The lowest BCUT2D eigenvalue weighted by Gasteiger charge is -2.34. The summed E-state index contributed by atoms with van der Waals surface area (Å²) in [6, 6.07) is 0. The number of rotatable bonds is 3. The summed E-state index contributed by atoms with van der Waals surface area (Å²) < 4.78 is 11.2. The van der Waals surface area contributed by atoms with Gasteiger partial charge in [-0.3, -0.25) is 0 Å². The van der Waals surface area contributed by atoms with E-state index >= 15 is 0 Å². The smallest absolute Gasteiger partial charge is 0.163 e. The van der Waals surface area contributed by atoms with Gasteiger partial charge in [-0.05, 0) is 0 Å². The predicted octanol–water partition coefficient (Wildman–Crippen LogP) is 1.16. The summed E-state index contributed by atoms with van der Waals surface area (Å²) in [5.74, 6) is 8.88. The van der Waals surface area contributed by atoms with E-state index in [1.54, 1.807) is 7.11 Å². The molecule has 7 heteroatoms. The van der Waals surface area contributed by atoms with Gasteiger partial charge >= 0.3 is 0 Å². The number of fused-ring (bicyclic) bond motifs is 1. The van der Waals surface area contributed by atoms with Crippen LogP contribution in [0.25, 0.3) is 0 Å². The number of hydrogen-bond donors (Lipinski definition) is 2. The molecule has 3 rings (SSSR count). The number of methoxy groups -OCH3 is 1. The number of aromatic nitrogens is 2. The second kappa shape index (κ2) is 5.24. The minimum absolute atomic E-state index is 0.438. The van der Waals surface area contributed by atoms with Crippen LogP contribution < -0.4 is 11.3 Å². The van der Waals surface area contributed by atoms with Gasteiger partial charge in [-0.25, -0.2) is 15.8 Å². The number of hydrazine groups is 1. The van der Waals surface area contributed by atoms with Crippen molar-refractivity contribution in [2.75, 3.05) is 25.7 Å². The van der Waals surface area contributed by atoms with Crippen LogP contribution in [-0.2, 0) is 26.6 Å². The van der Waals surface area contributed by atoms with Crippen LogP contribution in [0.4, 0.5) is 5.82 Å². The fourth-order valence-electron chi connectivity index (χ4n) is 2.59. The lowest BCUT2D eigenvalue weighted by Crippen LogP contribution is -2.38. The first-order valence-corrected chi connectivity index (χ1v) is 7.52. The van der Waals surface area contributed by atoms with E-state index in [-0.39, 0.29) is 0 Å². The molecule has 19 heavy (non-hydrogen) atoms. The second-order valence-corrected chi connectivity index (χ2v) is 5.75. The maximum absolute atomic E-state index is 5.74. The van der Waals surface area contributed by atoms with Crippen LogP contribution in [0.3, 0.4) is 0 Å². The Morgan fingerprint density at radius 1 is 1.32 bits per heavy atom. The number of nitrogens with zero attached hydrogens (tertiary/aromatic N) is 2. The summed E-state index contributed by atoms with van der Waals surface area (Å²) in [6.45, 7) is 1.35. The Bertz CT molecular complexity index is 477. The van der Waals surface area contributed by atoms with Gasteiger partial charge in [0, 0.05) is 50.2 Å². The van der Waals surface area contributed by atoms with Crippen molar-refractivity contribution >= 4 is 17.6 Å². The molecule has 1 aromatic heterocycles. The molecule has 0 saturated carbocycles. The van der Waals surface area contributed by atoms with Crippen LogP contribution in [0.1, 0.15) is 29.9 Å². The zero-order valence-corrected chi connectivity index (χ0v) is 11.8. The van der Waals surface area contributed by atoms with Gasteiger partial charge in [0.2, 0.25) is 0 Å². The molecule has 1 saturated heterocycles. The van der Waals surface area contributed by atoms with Gasteiger partial charge in [-0.1, -0.05) is 0 Å². The van der Waals surface area contributed by atoms with E-state index in [1.165, 1.54) is 0 Å². The lowest BCUT2D eigenvalue weighted by molar-refractivity contribution is -0.1000. The average Bonchev–Trinajstić information content (AvgIpc) is 2.95. The Labute approximate surface area is 116 Å². The largest absolute Gasteiger partial charge is 0.381 e. The molecule has 0 aromatic carbocycles. The number of nitrogens with one attached hydrogen (secondary N) is 1. The SMILES string of the molecule is COC1(c2nc3c(c(NN)n2)CSC3)CCOCC1. The highest BCUT2D eigenvalue weighted by Gasteiger charge is 2.38. The molecular weight excluding hydrogens is 264 g/mol. The van der Waals surface area contributed by atoms with Gasteiger partial charge in [0.1, 0.15) is 11.4 Å². The minimum atomic E-state index is -0.438. The van der Waals surface area contributed by atoms with E-state index < -0.39 is 5.60 Å². The van der Waals surface area contributed by atoms with Crippen molar-refractivity contribution in [3.63, 3.8) is 0 Å². The van der Waals surface area contributed by atoms with Gasteiger partial charge in [0.15, 0.2) is 5.82 Å². The molecule has 0 radical (unpaired) electrons. The number of nitrogen functional groups attached to an aromatic ring is 1. The van der Waals surface area contributed by atoms with Crippen molar-refractivity contribution in [2.45, 2.75) is 29.9 Å². The van der Waals surface area contributed by atoms with Crippen molar-refractivity contribution in [3.8, 4) is 0 Å². The lowest BCUT2D eigenvalue weighted by atomic mass is 9.92. The van der Waals surface area contributed by atoms with Gasteiger partial charge in [0.05, 0.1) is 5.69 Å². The van der Waals surface area contributed by atoms with E-state index in [1.807, 2.05) is 11.8 Å². The molecule has 1 aromatic rings. The Morgan fingerprint density at radius 2 is 2.11 bits per heavy atom. The summed E-state index contributed by atoms with van der Waals surface area (Å²) in [5.41, 5.74) is 4.45. The molecule has 104 valence electrons. The molecule has 0 spiro atoms. The monoisotopic (exact) mass is 282 g/mol. The van der Waals surface area contributed by atoms with Crippen molar-refractivity contribution in [2.24, 2.45) is 5.84 Å². The zero-order valence-electron chi connectivity index (χ0n) is 10.9. The van der Waals surface area contributed by atoms with E-state index in [4.69, 9.17) is 20.3 Å². The van der Waals surface area contributed by atoms with Crippen LogP contribution in [0.5, 0.6) is 0 Å². The van der Waals surface area contributed by atoms with Crippen LogP contribution in [0, 0.1) is 0 Å². The number of anilines is 1. The highest BCUT2D eigenvalue weighted by Crippen LogP contribution is 2.38. The molecule has 3 heterocycles. The van der Waals surface area contributed by atoms with Gasteiger partial charge < -0.3 is 14.9 Å². The first-order chi connectivity index (χ1) is 9.29. The van der Waals surface area contributed by atoms with E-state index in [2.05, 4.69) is 10.4 Å². The molecule has 0 amide bonds. The number of ether oxygens (including phenoxy) is 2. The number of nitrogens with two attached hydrogens (primary N) is 1. The van der Waals surface area contributed by atoms with E-state index in [0.29, 0.717) is 13.2 Å². The maximum Gasteiger partial charge on any atom is 0.163 e. The number of thioether (sulfide) groups is 1.